The van der Waals surface area contributed by atoms with Gasteiger partial charge in [-0.1, -0.05) is 35.2 Å². The molecular formula is C26H39BrN2O3. The summed E-state index contributed by atoms with van der Waals surface area (Å²) in [4.78, 5) is 17.0. The molecular weight excluding hydrogens is 468 g/mol. The lowest BCUT2D eigenvalue weighted by atomic mass is 9.89. The van der Waals surface area contributed by atoms with Crippen LogP contribution in [0.5, 0.6) is 5.75 Å². The largest absolute Gasteiger partial charge is 0.491 e. The lowest BCUT2D eigenvalue weighted by molar-refractivity contribution is 0.00642. The molecule has 1 aromatic carbocycles. The van der Waals surface area contributed by atoms with Gasteiger partial charge in [0.1, 0.15) is 5.75 Å². The molecule has 0 spiro atoms. The molecule has 178 valence electrons. The first kappa shape index (κ1) is 23.9. The van der Waals surface area contributed by atoms with E-state index in [9.17, 15) is 4.79 Å². The average Bonchev–Trinajstić information content (AvgIpc) is 2.79. The summed E-state index contributed by atoms with van der Waals surface area (Å²) in [6.07, 6.45) is 9.74. The second-order valence-corrected chi connectivity index (χ2v) is 11.1. The van der Waals surface area contributed by atoms with Gasteiger partial charge in [-0.2, -0.15) is 0 Å². The highest BCUT2D eigenvalue weighted by Crippen LogP contribution is 2.30. The first-order chi connectivity index (χ1) is 15.5. The van der Waals surface area contributed by atoms with Gasteiger partial charge < -0.3 is 19.3 Å². The number of hydrogen-bond acceptors (Lipinski definition) is 4. The number of halogens is 1. The number of carbonyl (C=O) groups is 1. The third-order valence-corrected chi connectivity index (χ3v) is 8.04. The maximum absolute atomic E-state index is 12.3. The number of benzene rings is 1. The monoisotopic (exact) mass is 506 g/mol. The van der Waals surface area contributed by atoms with Crippen LogP contribution in [-0.2, 0) is 11.2 Å². The summed E-state index contributed by atoms with van der Waals surface area (Å²) in [6.45, 7) is 8.91. The first-order valence-corrected chi connectivity index (χ1v) is 13.4. The fourth-order valence-electron chi connectivity index (χ4n) is 5.58. The van der Waals surface area contributed by atoms with E-state index in [2.05, 4.69) is 46.8 Å². The minimum absolute atomic E-state index is 0.0823. The molecule has 5 nitrogen and oxygen atoms in total. The maximum Gasteiger partial charge on any atom is 0.410 e. The van der Waals surface area contributed by atoms with Crippen LogP contribution in [0.25, 0.3) is 0 Å². The molecule has 1 amide bonds. The van der Waals surface area contributed by atoms with Crippen molar-refractivity contribution in [3.63, 3.8) is 0 Å². The van der Waals surface area contributed by atoms with Gasteiger partial charge in [-0.3, -0.25) is 0 Å². The Morgan fingerprint density at radius 2 is 1.84 bits per heavy atom. The van der Waals surface area contributed by atoms with Gasteiger partial charge in [0.05, 0.1) is 12.7 Å². The van der Waals surface area contributed by atoms with Crippen LogP contribution in [0.1, 0.15) is 64.4 Å². The SMILES string of the molecule is CC(C)Oc1ccc(Br)c(CC2CCN(CC3COC(=O)N(C4CCCCC4)C3)CC2)c1. The van der Waals surface area contributed by atoms with Gasteiger partial charge in [0.15, 0.2) is 0 Å². The molecule has 0 N–H and O–H groups in total. The Bertz CT molecular complexity index is 757. The molecule has 32 heavy (non-hydrogen) atoms. The van der Waals surface area contributed by atoms with Crippen molar-refractivity contribution in [2.24, 2.45) is 11.8 Å². The van der Waals surface area contributed by atoms with Crippen LogP contribution in [0.3, 0.4) is 0 Å². The van der Waals surface area contributed by atoms with E-state index in [0.29, 0.717) is 24.5 Å². The van der Waals surface area contributed by atoms with E-state index in [1.165, 1.54) is 42.1 Å². The van der Waals surface area contributed by atoms with Crippen LogP contribution in [0.15, 0.2) is 22.7 Å². The van der Waals surface area contributed by atoms with Crippen molar-refractivity contribution < 1.29 is 14.3 Å². The molecule has 1 unspecified atom stereocenters. The van der Waals surface area contributed by atoms with Gasteiger partial charge in [-0.05, 0) is 88.7 Å². The number of cyclic esters (lactones) is 1. The Labute approximate surface area is 201 Å². The second kappa shape index (κ2) is 11.2. The molecule has 1 atom stereocenters. The minimum atomic E-state index is -0.0823. The van der Waals surface area contributed by atoms with Crippen LogP contribution >= 0.6 is 15.9 Å². The number of nitrogens with zero attached hydrogens (tertiary/aromatic N) is 2. The predicted molar refractivity (Wildman–Crippen MR) is 131 cm³/mol. The number of rotatable bonds is 7. The summed E-state index contributed by atoms with van der Waals surface area (Å²) in [6, 6.07) is 6.76. The van der Waals surface area contributed by atoms with E-state index in [-0.39, 0.29) is 12.2 Å². The summed E-state index contributed by atoms with van der Waals surface area (Å²) in [5.74, 6) is 2.11. The van der Waals surface area contributed by atoms with Crippen LogP contribution in [-0.4, -0.2) is 60.8 Å². The second-order valence-electron chi connectivity index (χ2n) is 10.3. The van der Waals surface area contributed by atoms with Gasteiger partial charge in [0.2, 0.25) is 0 Å². The highest BCUT2D eigenvalue weighted by molar-refractivity contribution is 9.10. The normalized spacial score (nSPS) is 24.1. The average molecular weight is 508 g/mol. The van der Waals surface area contributed by atoms with Crippen LogP contribution < -0.4 is 4.74 Å². The zero-order valence-electron chi connectivity index (χ0n) is 19.7. The van der Waals surface area contributed by atoms with E-state index in [4.69, 9.17) is 9.47 Å². The fraction of sp³-hybridized carbons (Fsp3) is 0.731. The Balaban J connectivity index is 1.25. The molecule has 3 fully saturated rings. The number of carbonyl (C=O) groups excluding carboxylic acids is 1. The molecule has 0 radical (unpaired) electrons. The highest BCUT2D eigenvalue weighted by Gasteiger charge is 2.34. The van der Waals surface area contributed by atoms with Gasteiger partial charge in [0, 0.05) is 29.5 Å². The number of hydrogen-bond donors (Lipinski definition) is 0. The van der Waals surface area contributed by atoms with Crippen molar-refractivity contribution in [1.82, 2.24) is 9.80 Å². The molecule has 0 aromatic heterocycles. The standard InChI is InChI=1S/C26H39BrN2O3/c1-19(2)32-24-8-9-25(27)22(15-24)14-20-10-12-28(13-11-20)16-21-17-29(26(30)31-18-21)23-6-4-3-5-7-23/h8-9,15,19-21,23H,3-7,10-14,16-18H2,1-2H3. The Kier molecular flexibility index (Phi) is 8.38. The lowest BCUT2D eigenvalue weighted by Gasteiger charge is -2.41. The summed E-state index contributed by atoms with van der Waals surface area (Å²) in [7, 11) is 0. The summed E-state index contributed by atoms with van der Waals surface area (Å²) in [5, 5.41) is 0. The molecule has 3 aliphatic rings. The van der Waals surface area contributed by atoms with Crippen molar-refractivity contribution in [1.29, 1.82) is 0 Å². The van der Waals surface area contributed by atoms with Crippen LogP contribution in [0.2, 0.25) is 0 Å². The molecule has 1 aromatic rings. The first-order valence-electron chi connectivity index (χ1n) is 12.6. The van der Waals surface area contributed by atoms with Gasteiger partial charge >= 0.3 is 6.09 Å². The smallest absolute Gasteiger partial charge is 0.410 e. The van der Waals surface area contributed by atoms with Crippen molar-refractivity contribution in [2.45, 2.75) is 77.4 Å². The van der Waals surface area contributed by atoms with E-state index in [1.54, 1.807) is 0 Å². The predicted octanol–water partition coefficient (Wildman–Crippen LogP) is 5.89. The van der Waals surface area contributed by atoms with Crippen molar-refractivity contribution in [2.75, 3.05) is 32.8 Å². The van der Waals surface area contributed by atoms with E-state index < -0.39 is 0 Å². The molecule has 2 aliphatic heterocycles. The number of likely N-dealkylation sites (tertiary alicyclic amines) is 1. The van der Waals surface area contributed by atoms with Gasteiger partial charge in [0.25, 0.3) is 0 Å². The molecule has 0 bridgehead atoms. The van der Waals surface area contributed by atoms with E-state index in [0.717, 1.165) is 51.2 Å². The Hall–Kier alpha value is -1.27. The lowest BCUT2D eigenvalue weighted by Crippen LogP contribution is -2.52. The number of piperidine rings is 1. The number of ether oxygens (including phenoxy) is 2. The van der Waals surface area contributed by atoms with Gasteiger partial charge in [-0.25, -0.2) is 4.79 Å². The summed E-state index contributed by atoms with van der Waals surface area (Å²) >= 11 is 3.73. The van der Waals surface area contributed by atoms with Crippen molar-refractivity contribution >= 4 is 22.0 Å². The van der Waals surface area contributed by atoms with Crippen LogP contribution in [0.4, 0.5) is 4.79 Å². The molecule has 4 rings (SSSR count). The number of amides is 1. The molecule has 1 saturated carbocycles. The summed E-state index contributed by atoms with van der Waals surface area (Å²) in [5.41, 5.74) is 1.35. The Morgan fingerprint density at radius 3 is 2.56 bits per heavy atom. The van der Waals surface area contributed by atoms with Gasteiger partial charge in [-0.15, -0.1) is 0 Å². The van der Waals surface area contributed by atoms with Crippen molar-refractivity contribution in [3.8, 4) is 5.75 Å². The zero-order valence-corrected chi connectivity index (χ0v) is 21.3. The zero-order chi connectivity index (χ0) is 22.5. The summed E-state index contributed by atoms with van der Waals surface area (Å²) < 4.78 is 12.7. The molecule has 2 saturated heterocycles. The Morgan fingerprint density at radius 1 is 1.09 bits per heavy atom. The molecule has 6 heteroatoms. The molecule has 1 aliphatic carbocycles. The fourth-order valence-corrected chi connectivity index (χ4v) is 5.99. The highest BCUT2D eigenvalue weighted by atomic mass is 79.9. The quantitative estimate of drug-likeness (QED) is 0.462. The van der Waals surface area contributed by atoms with E-state index in [1.807, 2.05) is 11.0 Å². The maximum atomic E-state index is 12.3. The topological polar surface area (TPSA) is 42.0 Å². The molecule has 2 heterocycles. The third kappa shape index (κ3) is 6.40. The van der Waals surface area contributed by atoms with Crippen molar-refractivity contribution in [3.05, 3.63) is 28.2 Å². The third-order valence-electron chi connectivity index (χ3n) is 7.27. The van der Waals surface area contributed by atoms with Crippen LogP contribution in [0, 0.1) is 11.8 Å². The minimum Gasteiger partial charge on any atom is -0.491 e. The van der Waals surface area contributed by atoms with E-state index >= 15 is 0 Å².